The van der Waals surface area contributed by atoms with Crippen molar-refractivity contribution in [2.75, 3.05) is 62.0 Å². The van der Waals surface area contributed by atoms with Gasteiger partial charge < -0.3 is 24.3 Å². The number of aromatic nitrogens is 1. The Hall–Kier alpha value is -4.04. The van der Waals surface area contributed by atoms with Crippen molar-refractivity contribution in [3.8, 4) is 17.2 Å². The molecular weight excluding hydrogens is 466 g/mol. The number of oxazole rings is 1. The number of hydrogen-bond acceptors (Lipinski definition) is 6. The van der Waals surface area contributed by atoms with Crippen molar-refractivity contribution in [3.63, 3.8) is 0 Å². The number of urea groups is 1. The molecule has 0 saturated carbocycles. The second kappa shape index (κ2) is 9.44. The van der Waals surface area contributed by atoms with Crippen molar-refractivity contribution in [1.29, 1.82) is 0 Å². The molecule has 1 aromatic heterocycles. The molecule has 6 rings (SSSR count). The monoisotopic (exact) mass is 497 g/mol. The fourth-order valence-corrected chi connectivity index (χ4v) is 5.34. The first-order chi connectivity index (χ1) is 18.0. The Morgan fingerprint density at radius 1 is 1.00 bits per heavy atom. The molecule has 2 aliphatic heterocycles. The van der Waals surface area contributed by atoms with E-state index in [9.17, 15) is 4.79 Å². The van der Waals surface area contributed by atoms with Gasteiger partial charge in [-0.1, -0.05) is 24.3 Å². The summed E-state index contributed by atoms with van der Waals surface area (Å²) in [6, 6.07) is 16.0. The van der Waals surface area contributed by atoms with Gasteiger partial charge in [-0.05, 0) is 55.6 Å². The van der Waals surface area contributed by atoms with Gasteiger partial charge in [0.05, 0.1) is 30.4 Å². The van der Waals surface area contributed by atoms with Crippen molar-refractivity contribution in [1.82, 2.24) is 9.88 Å². The van der Waals surface area contributed by atoms with E-state index >= 15 is 0 Å². The number of nitrogens with one attached hydrogen (secondary N) is 1. The number of anilines is 3. The number of hydrogen-bond donors (Lipinski definition) is 1. The number of fused-ring (bicyclic) bond motifs is 2. The van der Waals surface area contributed by atoms with E-state index in [0.29, 0.717) is 12.4 Å². The van der Waals surface area contributed by atoms with Gasteiger partial charge in [-0.25, -0.2) is 9.78 Å². The molecule has 1 N–H and O–H groups in total. The number of ether oxygens (including phenoxy) is 1. The van der Waals surface area contributed by atoms with Crippen LogP contribution in [0.25, 0.3) is 22.2 Å². The van der Waals surface area contributed by atoms with Crippen molar-refractivity contribution >= 4 is 33.9 Å². The number of methoxy groups -OCH3 is 1. The largest absolute Gasteiger partial charge is 0.495 e. The van der Waals surface area contributed by atoms with Crippen LogP contribution in [0.4, 0.5) is 21.9 Å². The summed E-state index contributed by atoms with van der Waals surface area (Å²) in [4.78, 5) is 24.5. The maximum atomic E-state index is 13.6. The van der Waals surface area contributed by atoms with Gasteiger partial charge >= 0.3 is 6.03 Å². The van der Waals surface area contributed by atoms with Crippen LogP contribution in [0.3, 0.4) is 0 Å². The SMILES string of the molecule is COc1cc2c(cc1N1CCN(C)CC1)N(C(=O)Nc1cccc3c(-c4ncc(C)o4)cccc13)CC2. The lowest BCUT2D eigenvalue weighted by atomic mass is 10.0. The van der Waals surface area contributed by atoms with Crippen LogP contribution < -0.4 is 19.9 Å². The van der Waals surface area contributed by atoms with Gasteiger partial charge in [-0.2, -0.15) is 0 Å². The first kappa shape index (κ1) is 23.4. The lowest BCUT2D eigenvalue weighted by Crippen LogP contribution is -2.44. The summed E-state index contributed by atoms with van der Waals surface area (Å²) in [5.41, 5.74) is 4.78. The number of likely N-dealkylation sites (N-methyl/N-ethyl adjacent to an activating group) is 1. The normalized spacial score (nSPS) is 15.8. The number of carbonyl (C=O) groups excluding carboxylic acids is 1. The summed E-state index contributed by atoms with van der Waals surface area (Å²) in [6.07, 6.45) is 2.52. The summed E-state index contributed by atoms with van der Waals surface area (Å²) >= 11 is 0. The van der Waals surface area contributed by atoms with Crippen LogP contribution in [0, 0.1) is 6.92 Å². The van der Waals surface area contributed by atoms with E-state index in [0.717, 1.165) is 83.1 Å². The average molecular weight is 498 g/mol. The molecule has 0 radical (unpaired) electrons. The van der Waals surface area contributed by atoms with Gasteiger partial charge in [0.1, 0.15) is 11.5 Å². The highest BCUT2D eigenvalue weighted by molar-refractivity contribution is 6.10. The molecule has 2 amide bonds. The standard InChI is InChI=1S/C29H31N5O3/c1-19-18-30-28(37-19)23-8-4-7-22-21(23)6-5-9-24(22)31-29(35)34-11-10-20-16-27(36-3)26(17-25(20)34)33-14-12-32(2)13-15-33/h4-9,16-18H,10-15H2,1-3H3,(H,31,35). The van der Waals surface area contributed by atoms with Crippen LogP contribution >= 0.6 is 0 Å². The van der Waals surface area contributed by atoms with Crippen LogP contribution in [0.2, 0.25) is 0 Å². The molecule has 0 spiro atoms. The zero-order valence-electron chi connectivity index (χ0n) is 21.5. The second-order valence-electron chi connectivity index (χ2n) is 9.76. The highest BCUT2D eigenvalue weighted by Gasteiger charge is 2.29. The molecule has 3 aromatic carbocycles. The second-order valence-corrected chi connectivity index (χ2v) is 9.76. The van der Waals surface area contributed by atoms with E-state index in [-0.39, 0.29) is 6.03 Å². The lowest BCUT2D eigenvalue weighted by Gasteiger charge is -2.35. The molecule has 4 aromatic rings. The number of piperazine rings is 1. The van der Waals surface area contributed by atoms with Crippen molar-refractivity contribution < 1.29 is 13.9 Å². The zero-order chi connectivity index (χ0) is 25.5. The molecule has 0 unspecified atom stereocenters. The molecule has 0 atom stereocenters. The predicted molar refractivity (Wildman–Crippen MR) is 147 cm³/mol. The summed E-state index contributed by atoms with van der Waals surface area (Å²) in [5.74, 6) is 2.20. The summed E-state index contributed by atoms with van der Waals surface area (Å²) in [5, 5.41) is 5.09. The van der Waals surface area contributed by atoms with Gasteiger partial charge in [0.2, 0.25) is 5.89 Å². The van der Waals surface area contributed by atoms with E-state index in [2.05, 4.69) is 39.3 Å². The van der Waals surface area contributed by atoms with Gasteiger partial charge in [-0.15, -0.1) is 0 Å². The molecule has 2 aliphatic rings. The van der Waals surface area contributed by atoms with Gasteiger partial charge in [0.15, 0.2) is 0 Å². The smallest absolute Gasteiger partial charge is 0.326 e. The molecule has 8 heteroatoms. The molecule has 1 fully saturated rings. The van der Waals surface area contributed by atoms with Crippen LogP contribution in [0.1, 0.15) is 11.3 Å². The van der Waals surface area contributed by atoms with Crippen molar-refractivity contribution in [2.24, 2.45) is 0 Å². The Labute approximate surface area is 216 Å². The summed E-state index contributed by atoms with van der Waals surface area (Å²) in [7, 11) is 3.86. The Balaban J connectivity index is 1.30. The highest BCUT2D eigenvalue weighted by Crippen LogP contribution is 2.40. The van der Waals surface area contributed by atoms with E-state index in [1.54, 1.807) is 13.3 Å². The van der Waals surface area contributed by atoms with Gasteiger partial charge in [0.25, 0.3) is 0 Å². The molecule has 1 saturated heterocycles. The molecule has 190 valence electrons. The average Bonchev–Trinajstić information content (AvgIpc) is 3.54. The summed E-state index contributed by atoms with van der Waals surface area (Å²) in [6.45, 7) is 6.37. The van der Waals surface area contributed by atoms with Gasteiger partial charge in [0, 0.05) is 43.7 Å². The fourth-order valence-electron chi connectivity index (χ4n) is 5.34. The van der Waals surface area contributed by atoms with Crippen LogP contribution in [-0.2, 0) is 6.42 Å². The quantitative estimate of drug-likeness (QED) is 0.420. The molecule has 3 heterocycles. The zero-order valence-corrected chi connectivity index (χ0v) is 21.5. The Bertz CT molecular complexity index is 1470. The highest BCUT2D eigenvalue weighted by atomic mass is 16.5. The predicted octanol–water partition coefficient (Wildman–Crippen LogP) is 5.16. The number of aryl methyl sites for hydroxylation is 1. The van der Waals surface area contributed by atoms with Gasteiger partial charge in [-0.3, -0.25) is 4.90 Å². The topological polar surface area (TPSA) is 74.1 Å². The molecule has 8 nitrogen and oxygen atoms in total. The molecule has 37 heavy (non-hydrogen) atoms. The third-order valence-corrected chi connectivity index (χ3v) is 7.38. The summed E-state index contributed by atoms with van der Waals surface area (Å²) < 4.78 is 11.5. The number of carbonyl (C=O) groups is 1. The maximum absolute atomic E-state index is 13.6. The number of amides is 2. The number of rotatable bonds is 4. The minimum Gasteiger partial charge on any atom is -0.495 e. The molecule has 0 aliphatic carbocycles. The first-order valence-corrected chi connectivity index (χ1v) is 12.7. The van der Waals surface area contributed by atoms with E-state index in [4.69, 9.17) is 9.15 Å². The fraction of sp³-hybridized carbons (Fsp3) is 0.310. The van der Waals surface area contributed by atoms with Crippen LogP contribution in [0.5, 0.6) is 5.75 Å². The van der Waals surface area contributed by atoms with Crippen LogP contribution in [-0.4, -0.2) is 62.8 Å². The first-order valence-electron chi connectivity index (χ1n) is 12.7. The molecular formula is C29H31N5O3. The third kappa shape index (κ3) is 4.27. The van der Waals surface area contributed by atoms with E-state index in [1.165, 1.54) is 0 Å². The molecule has 0 bridgehead atoms. The minimum atomic E-state index is -0.141. The number of nitrogens with zero attached hydrogens (tertiary/aromatic N) is 4. The van der Waals surface area contributed by atoms with Crippen molar-refractivity contribution in [3.05, 3.63) is 66.1 Å². The minimum absolute atomic E-state index is 0.141. The van der Waals surface area contributed by atoms with E-state index in [1.807, 2.05) is 48.2 Å². The van der Waals surface area contributed by atoms with Crippen molar-refractivity contribution in [2.45, 2.75) is 13.3 Å². The Morgan fingerprint density at radius 2 is 1.78 bits per heavy atom. The lowest BCUT2D eigenvalue weighted by molar-refractivity contribution is 0.257. The number of benzene rings is 3. The Morgan fingerprint density at radius 3 is 2.54 bits per heavy atom. The maximum Gasteiger partial charge on any atom is 0.326 e. The third-order valence-electron chi connectivity index (χ3n) is 7.38. The van der Waals surface area contributed by atoms with Crippen LogP contribution in [0.15, 0.2) is 59.1 Å². The Kier molecular flexibility index (Phi) is 5.96. The van der Waals surface area contributed by atoms with E-state index < -0.39 is 0 Å².